The second-order valence-electron chi connectivity index (χ2n) is 6.42. The van der Waals surface area contributed by atoms with Crippen LogP contribution in [0, 0.1) is 0 Å². The van der Waals surface area contributed by atoms with E-state index in [2.05, 4.69) is 10.1 Å². The summed E-state index contributed by atoms with van der Waals surface area (Å²) in [6.07, 6.45) is 0. The van der Waals surface area contributed by atoms with Gasteiger partial charge in [-0.25, -0.2) is 0 Å². The molecule has 2 rings (SSSR count). The Bertz CT molecular complexity index is 908. The second kappa shape index (κ2) is 9.71. The Morgan fingerprint density at radius 1 is 1.07 bits per heavy atom. The summed E-state index contributed by atoms with van der Waals surface area (Å²) >= 11 is 12.6. The number of amides is 1. The van der Waals surface area contributed by atoms with Crippen LogP contribution in [0.3, 0.4) is 0 Å². The third-order valence-corrected chi connectivity index (χ3v) is 4.61. The fraction of sp³-hybridized carbons (Fsp3) is 0.300. The molecule has 0 aliphatic rings. The van der Waals surface area contributed by atoms with Crippen LogP contribution < -0.4 is 20.5 Å². The molecular formula is C20H22Cl2N2O5. The maximum atomic E-state index is 12.2. The highest BCUT2D eigenvalue weighted by Crippen LogP contribution is 2.41. The second-order valence-corrected chi connectivity index (χ2v) is 7.23. The van der Waals surface area contributed by atoms with Crippen molar-refractivity contribution < 1.29 is 23.8 Å². The number of rotatable bonds is 7. The normalized spacial score (nSPS) is 10.6. The van der Waals surface area contributed by atoms with Crippen molar-refractivity contribution in [2.24, 2.45) is 0 Å². The molecule has 0 heterocycles. The predicted octanol–water partition coefficient (Wildman–Crippen LogP) is 4.40. The standard InChI is InChI=1S/C20H22Cl2N2O5/c1-10(2)13-7-12(8-16(23)18(13)28-4)29-19-14(21)5-11(6-15(19)22)20(26)24-9-17(25)27-3/h5-8,10H,9,23H2,1-4H3,(H,24,26). The molecule has 2 aromatic rings. The summed E-state index contributed by atoms with van der Waals surface area (Å²) in [5, 5.41) is 2.66. The van der Waals surface area contributed by atoms with E-state index in [-0.39, 0.29) is 33.8 Å². The van der Waals surface area contributed by atoms with Crippen molar-refractivity contribution in [3.8, 4) is 17.2 Å². The number of hydrogen-bond donors (Lipinski definition) is 2. The Morgan fingerprint density at radius 3 is 2.21 bits per heavy atom. The van der Waals surface area contributed by atoms with E-state index in [4.69, 9.17) is 38.4 Å². The summed E-state index contributed by atoms with van der Waals surface area (Å²) in [6, 6.07) is 6.19. The first-order chi connectivity index (χ1) is 13.7. The van der Waals surface area contributed by atoms with Crippen molar-refractivity contribution in [2.75, 3.05) is 26.5 Å². The topological polar surface area (TPSA) is 99.9 Å². The number of nitrogens with one attached hydrogen (secondary N) is 1. The number of esters is 1. The fourth-order valence-electron chi connectivity index (χ4n) is 2.60. The number of methoxy groups -OCH3 is 2. The van der Waals surface area contributed by atoms with Gasteiger partial charge in [-0.2, -0.15) is 0 Å². The van der Waals surface area contributed by atoms with Crippen LogP contribution in [-0.4, -0.2) is 32.6 Å². The van der Waals surface area contributed by atoms with Gasteiger partial charge in [-0.1, -0.05) is 37.0 Å². The van der Waals surface area contributed by atoms with E-state index in [9.17, 15) is 9.59 Å². The first-order valence-electron chi connectivity index (χ1n) is 8.67. The van der Waals surface area contributed by atoms with Crippen LogP contribution in [0.25, 0.3) is 0 Å². The lowest BCUT2D eigenvalue weighted by Crippen LogP contribution is -2.30. The Labute approximate surface area is 179 Å². The molecule has 0 saturated heterocycles. The Kier molecular flexibility index (Phi) is 7.59. The van der Waals surface area contributed by atoms with Crippen molar-refractivity contribution in [3.05, 3.63) is 45.4 Å². The Balaban J connectivity index is 2.31. The Hall–Kier alpha value is -2.64. The SMILES string of the molecule is COC(=O)CNC(=O)c1cc(Cl)c(Oc2cc(N)c(OC)c(C(C)C)c2)c(Cl)c1. The van der Waals surface area contributed by atoms with Gasteiger partial charge in [0.2, 0.25) is 0 Å². The first-order valence-corrected chi connectivity index (χ1v) is 9.42. The number of carbonyl (C=O) groups is 2. The molecule has 0 fully saturated rings. The zero-order chi connectivity index (χ0) is 21.7. The van der Waals surface area contributed by atoms with E-state index in [0.717, 1.165) is 5.56 Å². The highest BCUT2D eigenvalue weighted by atomic mass is 35.5. The van der Waals surface area contributed by atoms with Gasteiger partial charge in [0.05, 0.1) is 30.0 Å². The first kappa shape index (κ1) is 22.6. The number of anilines is 1. The molecule has 1 amide bonds. The largest absolute Gasteiger partial charge is 0.494 e. The summed E-state index contributed by atoms with van der Waals surface area (Å²) in [4.78, 5) is 23.3. The van der Waals surface area contributed by atoms with Gasteiger partial charge in [0.25, 0.3) is 5.91 Å². The molecule has 3 N–H and O–H groups in total. The smallest absolute Gasteiger partial charge is 0.325 e. The van der Waals surface area contributed by atoms with E-state index < -0.39 is 11.9 Å². The van der Waals surface area contributed by atoms with Gasteiger partial charge in [0.15, 0.2) is 5.75 Å². The molecule has 0 unspecified atom stereocenters. The van der Waals surface area contributed by atoms with Gasteiger partial charge in [0, 0.05) is 17.2 Å². The van der Waals surface area contributed by atoms with Gasteiger partial charge in [-0.05, 0) is 24.1 Å². The maximum Gasteiger partial charge on any atom is 0.325 e. The highest BCUT2D eigenvalue weighted by molar-refractivity contribution is 6.37. The molecule has 2 aromatic carbocycles. The van der Waals surface area contributed by atoms with Crippen LogP contribution in [0.15, 0.2) is 24.3 Å². The minimum Gasteiger partial charge on any atom is -0.494 e. The van der Waals surface area contributed by atoms with Crippen LogP contribution >= 0.6 is 23.2 Å². The van der Waals surface area contributed by atoms with Gasteiger partial charge >= 0.3 is 5.97 Å². The molecule has 156 valence electrons. The monoisotopic (exact) mass is 440 g/mol. The third-order valence-electron chi connectivity index (χ3n) is 4.05. The maximum absolute atomic E-state index is 12.2. The molecule has 9 heteroatoms. The van der Waals surface area contributed by atoms with Crippen molar-refractivity contribution in [3.63, 3.8) is 0 Å². The number of halogens is 2. The van der Waals surface area contributed by atoms with Crippen molar-refractivity contribution in [1.82, 2.24) is 5.32 Å². The lowest BCUT2D eigenvalue weighted by atomic mass is 10.0. The molecule has 0 atom stereocenters. The van der Waals surface area contributed by atoms with Crippen molar-refractivity contribution in [1.29, 1.82) is 0 Å². The molecule has 0 aliphatic heterocycles. The minimum absolute atomic E-state index is 0.126. The van der Waals surface area contributed by atoms with E-state index in [1.54, 1.807) is 19.2 Å². The summed E-state index contributed by atoms with van der Waals surface area (Å²) in [7, 11) is 2.78. The van der Waals surface area contributed by atoms with Gasteiger partial charge in [-0.15, -0.1) is 0 Å². The molecule has 0 aromatic heterocycles. The average molecular weight is 441 g/mol. The number of nitrogens with two attached hydrogens (primary N) is 1. The van der Waals surface area contributed by atoms with E-state index in [0.29, 0.717) is 17.2 Å². The predicted molar refractivity (Wildman–Crippen MR) is 112 cm³/mol. The number of carbonyl (C=O) groups excluding carboxylic acids is 2. The zero-order valence-electron chi connectivity index (χ0n) is 16.5. The molecule has 0 spiro atoms. The summed E-state index contributed by atoms with van der Waals surface area (Å²) in [5.74, 6) is 0.232. The lowest BCUT2D eigenvalue weighted by Gasteiger charge is -2.17. The van der Waals surface area contributed by atoms with Gasteiger partial charge < -0.3 is 25.3 Å². The van der Waals surface area contributed by atoms with Gasteiger partial charge in [0.1, 0.15) is 18.0 Å². The van der Waals surface area contributed by atoms with E-state index >= 15 is 0 Å². The number of hydrogen-bond acceptors (Lipinski definition) is 6. The van der Waals surface area contributed by atoms with E-state index in [1.165, 1.54) is 19.2 Å². The summed E-state index contributed by atoms with van der Waals surface area (Å²) in [6.45, 7) is 3.73. The van der Waals surface area contributed by atoms with Crippen LogP contribution in [0.1, 0.15) is 35.7 Å². The molecule has 29 heavy (non-hydrogen) atoms. The number of nitrogen functional groups attached to an aromatic ring is 1. The fourth-order valence-corrected chi connectivity index (χ4v) is 3.17. The number of ether oxygens (including phenoxy) is 3. The van der Waals surface area contributed by atoms with Crippen LogP contribution in [0.5, 0.6) is 17.2 Å². The minimum atomic E-state index is -0.575. The average Bonchev–Trinajstić information content (AvgIpc) is 2.67. The van der Waals surface area contributed by atoms with Gasteiger partial charge in [-0.3, -0.25) is 9.59 Å². The molecule has 7 nitrogen and oxygen atoms in total. The van der Waals surface area contributed by atoms with Crippen LogP contribution in [-0.2, 0) is 9.53 Å². The van der Waals surface area contributed by atoms with Crippen LogP contribution in [0.2, 0.25) is 10.0 Å². The summed E-state index contributed by atoms with van der Waals surface area (Å²) < 4.78 is 15.7. The molecular weight excluding hydrogens is 419 g/mol. The molecule has 0 bridgehead atoms. The van der Waals surface area contributed by atoms with Crippen LogP contribution in [0.4, 0.5) is 5.69 Å². The third kappa shape index (κ3) is 5.46. The van der Waals surface area contributed by atoms with E-state index in [1.807, 2.05) is 13.8 Å². The zero-order valence-corrected chi connectivity index (χ0v) is 18.0. The van der Waals surface area contributed by atoms with Crippen molar-refractivity contribution >= 4 is 40.8 Å². The molecule has 0 radical (unpaired) electrons. The molecule has 0 saturated carbocycles. The molecule has 0 aliphatic carbocycles. The quantitative estimate of drug-likeness (QED) is 0.488. The lowest BCUT2D eigenvalue weighted by molar-refractivity contribution is -0.139. The van der Waals surface area contributed by atoms with Crippen molar-refractivity contribution in [2.45, 2.75) is 19.8 Å². The Morgan fingerprint density at radius 2 is 1.69 bits per heavy atom. The highest BCUT2D eigenvalue weighted by Gasteiger charge is 2.18. The number of benzene rings is 2. The summed E-state index contributed by atoms with van der Waals surface area (Å²) in [5.41, 5.74) is 7.53.